The van der Waals surface area contributed by atoms with E-state index in [1.165, 1.54) is 12.0 Å². The van der Waals surface area contributed by atoms with Crippen LogP contribution >= 0.6 is 0 Å². The number of aryl methyl sites for hydroxylation is 1. The molecule has 0 unspecified atom stereocenters. The molecule has 0 saturated carbocycles. The van der Waals surface area contributed by atoms with E-state index >= 15 is 0 Å². The van der Waals surface area contributed by atoms with E-state index in [0.717, 1.165) is 42.6 Å². The summed E-state index contributed by atoms with van der Waals surface area (Å²) in [6, 6.07) is 14.4. The maximum atomic E-state index is 5.90. The van der Waals surface area contributed by atoms with Crippen LogP contribution in [-0.4, -0.2) is 31.6 Å². The number of pyridine rings is 1. The Balaban J connectivity index is 1.41. The van der Waals surface area contributed by atoms with Crippen LogP contribution in [0.15, 0.2) is 48.7 Å². The van der Waals surface area contributed by atoms with Gasteiger partial charge in [0.05, 0.1) is 11.7 Å². The van der Waals surface area contributed by atoms with E-state index < -0.39 is 0 Å². The first-order chi connectivity index (χ1) is 12.8. The third kappa shape index (κ3) is 3.91. The molecule has 3 aromatic rings. The van der Waals surface area contributed by atoms with Crippen LogP contribution < -0.4 is 4.74 Å². The van der Waals surface area contributed by atoms with Gasteiger partial charge in [-0.2, -0.15) is 5.10 Å². The van der Waals surface area contributed by atoms with Crippen LogP contribution in [0.25, 0.3) is 0 Å². The summed E-state index contributed by atoms with van der Waals surface area (Å²) in [6.07, 6.45) is 4.06. The predicted octanol–water partition coefficient (Wildman–Crippen LogP) is 3.42. The van der Waals surface area contributed by atoms with Crippen molar-refractivity contribution in [2.45, 2.75) is 39.0 Å². The minimum Gasteiger partial charge on any atom is -0.487 e. The van der Waals surface area contributed by atoms with Crippen molar-refractivity contribution in [1.29, 1.82) is 0 Å². The van der Waals surface area contributed by atoms with Crippen LogP contribution in [0.4, 0.5) is 0 Å². The van der Waals surface area contributed by atoms with Gasteiger partial charge in [0.1, 0.15) is 18.2 Å². The Morgan fingerprint density at radius 3 is 3.00 bits per heavy atom. The van der Waals surface area contributed by atoms with Crippen LogP contribution in [0.2, 0.25) is 0 Å². The number of nitrogens with zero attached hydrogens (tertiary/aromatic N) is 4. The van der Waals surface area contributed by atoms with E-state index in [2.05, 4.69) is 37.2 Å². The minimum atomic E-state index is 0.290. The number of aromatic nitrogens is 4. The zero-order valence-electron chi connectivity index (χ0n) is 14.9. The van der Waals surface area contributed by atoms with Gasteiger partial charge in [-0.25, -0.2) is 4.98 Å². The molecule has 0 radical (unpaired) electrons. The second-order valence-electron chi connectivity index (χ2n) is 6.66. The lowest BCUT2D eigenvalue weighted by Gasteiger charge is -2.22. The van der Waals surface area contributed by atoms with Crippen LogP contribution in [0, 0.1) is 6.92 Å². The van der Waals surface area contributed by atoms with Gasteiger partial charge in [0.2, 0.25) is 0 Å². The lowest BCUT2D eigenvalue weighted by atomic mass is 10.1. The normalized spacial score (nSPS) is 17.5. The number of hydrogen-bond acceptors (Lipinski definition) is 5. The standard InChI is InChI=1S/C20H23N5O/c1-15-22-20(24-23-15)19-9-5-11-25(19)13-16-6-4-8-18(12-16)26-14-17-7-2-3-10-21-17/h2-4,6-8,10,12,19H,5,9,11,13-14H2,1H3,(H,22,23,24)/t19-/m1/s1. The molecule has 0 aliphatic carbocycles. The summed E-state index contributed by atoms with van der Waals surface area (Å²) < 4.78 is 5.90. The van der Waals surface area contributed by atoms with Crippen molar-refractivity contribution in [1.82, 2.24) is 25.1 Å². The van der Waals surface area contributed by atoms with Gasteiger partial charge < -0.3 is 4.74 Å². The highest BCUT2D eigenvalue weighted by molar-refractivity contribution is 5.29. The molecule has 1 aliphatic heterocycles. The highest BCUT2D eigenvalue weighted by Gasteiger charge is 2.28. The summed E-state index contributed by atoms with van der Waals surface area (Å²) in [7, 11) is 0. The Bertz CT molecular complexity index is 848. The number of benzene rings is 1. The molecule has 6 nitrogen and oxygen atoms in total. The largest absolute Gasteiger partial charge is 0.487 e. The SMILES string of the molecule is Cc1nc([C@H]2CCCN2Cc2cccc(OCc3ccccn3)c2)n[nH]1. The van der Waals surface area contributed by atoms with Gasteiger partial charge in [0.15, 0.2) is 5.82 Å². The first-order valence-corrected chi connectivity index (χ1v) is 9.02. The smallest absolute Gasteiger partial charge is 0.167 e. The van der Waals surface area contributed by atoms with Crippen LogP contribution in [-0.2, 0) is 13.2 Å². The number of nitrogens with one attached hydrogen (secondary N) is 1. The van der Waals surface area contributed by atoms with E-state index in [4.69, 9.17) is 4.74 Å². The lowest BCUT2D eigenvalue weighted by molar-refractivity contribution is 0.239. The monoisotopic (exact) mass is 349 g/mol. The van der Waals surface area contributed by atoms with E-state index in [0.29, 0.717) is 6.61 Å². The molecular formula is C20H23N5O. The Morgan fingerprint density at radius 2 is 2.19 bits per heavy atom. The number of ether oxygens (including phenoxy) is 1. The van der Waals surface area contributed by atoms with Crippen LogP contribution in [0.3, 0.4) is 0 Å². The molecule has 1 saturated heterocycles. The maximum Gasteiger partial charge on any atom is 0.167 e. The third-order valence-electron chi connectivity index (χ3n) is 4.67. The summed E-state index contributed by atoms with van der Waals surface area (Å²) >= 11 is 0. The van der Waals surface area contributed by atoms with Crippen molar-refractivity contribution in [3.8, 4) is 5.75 Å². The van der Waals surface area contributed by atoms with Crippen molar-refractivity contribution >= 4 is 0 Å². The fourth-order valence-electron chi connectivity index (χ4n) is 3.43. The van der Waals surface area contributed by atoms with E-state index in [1.807, 2.05) is 37.3 Å². The van der Waals surface area contributed by atoms with Crippen molar-refractivity contribution in [2.24, 2.45) is 0 Å². The zero-order chi connectivity index (χ0) is 17.8. The topological polar surface area (TPSA) is 66.9 Å². The summed E-state index contributed by atoms with van der Waals surface area (Å²) in [5.41, 5.74) is 2.17. The van der Waals surface area contributed by atoms with Crippen LogP contribution in [0.5, 0.6) is 5.75 Å². The molecule has 1 atom stereocenters. The summed E-state index contributed by atoms with van der Waals surface area (Å²) in [4.78, 5) is 11.3. The van der Waals surface area contributed by atoms with Gasteiger partial charge in [0.25, 0.3) is 0 Å². The second kappa shape index (κ2) is 7.66. The quantitative estimate of drug-likeness (QED) is 0.738. The molecule has 2 aromatic heterocycles. The Labute approximate surface area is 153 Å². The lowest BCUT2D eigenvalue weighted by Crippen LogP contribution is -2.23. The van der Waals surface area contributed by atoms with Gasteiger partial charge >= 0.3 is 0 Å². The molecule has 1 aliphatic rings. The average molecular weight is 349 g/mol. The molecule has 134 valence electrons. The van der Waals surface area contributed by atoms with Crippen molar-refractivity contribution in [3.63, 3.8) is 0 Å². The van der Waals surface area contributed by atoms with Crippen molar-refractivity contribution in [2.75, 3.05) is 6.54 Å². The first-order valence-electron chi connectivity index (χ1n) is 9.02. The summed E-state index contributed by atoms with van der Waals surface area (Å²) in [6.45, 7) is 4.36. The molecule has 0 amide bonds. The summed E-state index contributed by atoms with van der Waals surface area (Å²) in [5.74, 6) is 2.65. The number of aromatic amines is 1. The first kappa shape index (κ1) is 16.7. The molecule has 6 heteroatoms. The Kier molecular flexibility index (Phi) is 4.93. The van der Waals surface area contributed by atoms with Crippen molar-refractivity contribution < 1.29 is 4.74 Å². The van der Waals surface area contributed by atoms with Gasteiger partial charge in [-0.3, -0.25) is 15.0 Å². The molecule has 1 aromatic carbocycles. The fraction of sp³-hybridized carbons (Fsp3) is 0.350. The molecule has 0 spiro atoms. The fourth-order valence-corrected chi connectivity index (χ4v) is 3.43. The molecule has 4 rings (SSSR count). The molecule has 1 N–H and O–H groups in total. The number of likely N-dealkylation sites (tertiary alicyclic amines) is 1. The Hall–Kier alpha value is -2.73. The van der Waals surface area contributed by atoms with E-state index in [1.54, 1.807) is 6.20 Å². The van der Waals surface area contributed by atoms with Gasteiger partial charge in [-0.15, -0.1) is 0 Å². The number of H-pyrrole nitrogens is 1. The molecule has 1 fully saturated rings. The van der Waals surface area contributed by atoms with E-state index in [-0.39, 0.29) is 6.04 Å². The molecule has 0 bridgehead atoms. The highest BCUT2D eigenvalue weighted by atomic mass is 16.5. The van der Waals surface area contributed by atoms with Gasteiger partial charge in [-0.1, -0.05) is 18.2 Å². The van der Waals surface area contributed by atoms with Crippen LogP contribution in [0.1, 0.15) is 41.8 Å². The molecule has 26 heavy (non-hydrogen) atoms. The highest BCUT2D eigenvalue weighted by Crippen LogP contribution is 2.31. The van der Waals surface area contributed by atoms with Crippen molar-refractivity contribution in [3.05, 3.63) is 71.6 Å². The third-order valence-corrected chi connectivity index (χ3v) is 4.67. The zero-order valence-corrected chi connectivity index (χ0v) is 14.9. The van der Waals surface area contributed by atoms with E-state index in [9.17, 15) is 0 Å². The minimum absolute atomic E-state index is 0.290. The average Bonchev–Trinajstić information content (AvgIpc) is 3.30. The Morgan fingerprint density at radius 1 is 1.23 bits per heavy atom. The molecule has 3 heterocycles. The maximum absolute atomic E-state index is 5.90. The summed E-state index contributed by atoms with van der Waals surface area (Å²) in [5, 5.41) is 7.32. The molecular weight excluding hydrogens is 326 g/mol. The number of hydrogen-bond donors (Lipinski definition) is 1. The van der Waals surface area contributed by atoms with Gasteiger partial charge in [0, 0.05) is 12.7 Å². The predicted molar refractivity (Wildman–Crippen MR) is 98.5 cm³/mol. The second-order valence-corrected chi connectivity index (χ2v) is 6.66. The number of rotatable bonds is 6. The van der Waals surface area contributed by atoms with Gasteiger partial charge in [-0.05, 0) is 56.1 Å².